The van der Waals surface area contributed by atoms with Crippen LogP contribution in [0.15, 0.2) is 21.5 Å². The van der Waals surface area contributed by atoms with E-state index in [0.29, 0.717) is 23.5 Å². The van der Waals surface area contributed by atoms with Crippen molar-refractivity contribution >= 4 is 5.96 Å². The number of rotatable bonds is 3. The number of hydrogen-bond donors (Lipinski definition) is 2. The number of nitrogens with zero attached hydrogens (tertiary/aromatic N) is 1. The first kappa shape index (κ1) is 16.0. The van der Waals surface area contributed by atoms with E-state index < -0.39 is 0 Å². The Kier molecular flexibility index (Phi) is 4.07. The molecule has 0 amide bonds. The summed E-state index contributed by atoms with van der Waals surface area (Å²) < 4.78 is 11.8. The molecule has 132 valence electrons. The van der Waals surface area contributed by atoms with E-state index in [-0.39, 0.29) is 6.04 Å². The summed E-state index contributed by atoms with van der Waals surface area (Å²) in [5, 5.41) is 7.22. The molecule has 1 saturated heterocycles. The van der Waals surface area contributed by atoms with Crippen molar-refractivity contribution in [1.82, 2.24) is 10.6 Å². The maximum absolute atomic E-state index is 6.07. The molecule has 5 nitrogen and oxygen atoms in total. The number of aryl methyl sites for hydroxylation is 1. The highest BCUT2D eigenvalue weighted by molar-refractivity contribution is 5.80. The van der Waals surface area contributed by atoms with Gasteiger partial charge in [0.2, 0.25) is 0 Å². The van der Waals surface area contributed by atoms with Gasteiger partial charge in [0.25, 0.3) is 0 Å². The van der Waals surface area contributed by atoms with Crippen molar-refractivity contribution in [3.8, 4) is 0 Å². The van der Waals surface area contributed by atoms with Crippen LogP contribution < -0.4 is 10.6 Å². The van der Waals surface area contributed by atoms with E-state index in [1.165, 1.54) is 32.1 Å². The molecular weight excluding hydrogens is 302 g/mol. The predicted octanol–water partition coefficient (Wildman–Crippen LogP) is 3.16. The van der Waals surface area contributed by atoms with Crippen LogP contribution in [-0.4, -0.2) is 31.8 Å². The van der Waals surface area contributed by atoms with E-state index in [4.69, 9.17) is 9.15 Å². The minimum absolute atomic E-state index is 0.0973. The lowest BCUT2D eigenvalue weighted by Crippen LogP contribution is -2.69. The summed E-state index contributed by atoms with van der Waals surface area (Å²) in [6.45, 7) is 5.00. The van der Waals surface area contributed by atoms with Crippen molar-refractivity contribution in [3.05, 3.63) is 23.7 Å². The van der Waals surface area contributed by atoms with Gasteiger partial charge in [0.05, 0.1) is 12.1 Å². The molecule has 1 aromatic rings. The van der Waals surface area contributed by atoms with Gasteiger partial charge in [0.15, 0.2) is 5.96 Å². The van der Waals surface area contributed by atoms with Crippen molar-refractivity contribution in [2.24, 2.45) is 16.3 Å². The first-order chi connectivity index (χ1) is 11.6. The molecule has 2 aliphatic carbocycles. The molecule has 1 aliphatic heterocycles. The van der Waals surface area contributed by atoms with Crippen LogP contribution in [-0.2, 0) is 4.74 Å². The molecule has 3 fully saturated rings. The zero-order valence-corrected chi connectivity index (χ0v) is 15.0. The largest absolute Gasteiger partial charge is 0.464 e. The van der Waals surface area contributed by atoms with Gasteiger partial charge in [-0.1, -0.05) is 12.8 Å². The Balaban J connectivity index is 1.44. The lowest BCUT2D eigenvalue weighted by molar-refractivity contribution is -0.125. The van der Waals surface area contributed by atoms with E-state index >= 15 is 0 Å². The number of ether oxygens (including phenoxy) is 1. The van der Waals surface area contributed by atoms with E-state index in [1.54, 1.807) is 0 Å². The molecule has 24 heavy (non-hydrogen) atoms. The van der Waals surface area contributed by atoms with Crippen molar-refractivity contribution < 1.29 is 9.15 Å². The summed E-state index contributed by atoms with van der Waals surface area (Å²) in [6, 6.07) is 4.62. The van der Waals surface area contributed by atoms with Gasteiger partial charge < -0.3 is 19.8 Å². The van der Waals surface area contributed by atoms with E-state index in [2.05, 4.69) is 22.5 Å². The molecule has 4 rings (SSSR count). The second-order valence-electron chi connectivity index (χ2n) is 7.69. The molecule has 5 heteroatoms. The smallest absolute Gasteiger partial charge is 0.191 e. The van der Waals surface area contributed by atoms with E-state index in [9.17, 15) is 0 Å². The predicted molar refractivity (Wildman–Crippen MR) is 94.0 cm³/mol. The number of guanidine groups is 1. The highest BCUT2D eigenvalue weighted by atomic mass is 16.5. The fraction of sp³-hybridized carbons (Fsp3) is 0.737. The molecule has 4 atom stereocenters. The quantitative estimate of drug-likeness (QED) is 0.660. The van der Waals surface area contributed by atoms with Gasteiger partial charge in [-0.25, -0.2) is 0 Å². The summed E-state index contributed by atoms with van der Waals surface area (Å²) in [5.41, 5.74) is 0.337. The number of nitrogens with one attached hydrogen (secondary N) is 2. The topological polar surface area (TPSA) is 58.8 Å². The molecule has 0 bridgehead atoms. The summed E-state index contributed by atoms with van der Waals surface area (Å²) in [4.78, 5) is 4.46. The van der Waals surface area contributed by atoms with E-state index in [0.717, 1.165) is 24.1 Å². The van der Waals surface area contributed by atoms with Gasteiger partial charge >= 0.3 is 0 Å². The lowest BCUT2D eigenvalue weighted by atomic mass is 9.54. The van der Waals surface area contributed by atoms with Crippen LogP contribution in [0.2, 0.25) is 0 Å². The first-order valence-corrected chi connectivity index (χ1v) is 9.32. The average molecular weight is 331 g/mol. The Hall–Kier alpha value is -1.49. The summed E-state index contributed by atoms with van der Waals surface area (Å²) in [6.07, 6.45) is 6.89. The maximum atomic E-state index is 6.07. The molecule has 4 unspecified atom stereocenters. The van der Waals surface area contributed by atoms with Crippen LogP contribution in [0.5, 0.6) is 0 Å². The van der Waals surface area contributed by atoms with Gasteiger partial charge in [-0.15, -0.1) is 0 Å². The number of fused-ring (bicyclic) bond motifs is 2. The van der Waals surface area contributed by atoms with Crippen molar-refractivity contribution in [2.75, 3.05) is 13.7 Å². The Labute approximate surface area is 144 Å². The first-order valence-electron chi connectivity index (χ1n) is 9.32. The molecule has 0 aromatic carbocycles. The van der Waals surface area contributed by atoms with Gasteiger partial charge in [-0.3, -0.25) is 4.99 Å². The van der Waals surface area contributed by atoms with Crippen LogP contribution in [0.25, 0.3) is 0 Å². The zero-order chi connectivity index (χ0) is 16.7. The van der Waals surface area contributed by atoms with Crippen molar-refractivity contribution in [2.45, 2.75) is 64.1 Å². The Bertz CT molecular complexity index is 618. The standard InChI is InChI=1S/C19H29N3O2/c1-12-6-7-15(24-12)13(2)21-18(20-3)22-16-14-8-11-23-17(14)19(16)9-4-5-10-19/h6-7,13-14,16-17H,4-5,8-11H2,1-3H3,(H2,20,21,22). The van der Waals surface area contributed by atoms with Crippen LogP contribution in [0.3, 0.4) is 0 Å². The minimum atomic E-state index is 0.0973. The zero-order valence-electron chi connectivity index (χ0n) is 15.0. The minimum Gasteiger partial charge on any atom is -0.464 e. The molecule has 2 saturated carbocycles. The number of hydrogen-bond acceptors (Lipinski definition) is 3. The summed E-state index contributed by atoms with van der Waals surface area (Å²) >= 11 is 0. The highest BCUT2D eigenvalue weighted by Gasteiger charge is 2.65. The van der Waals surface area contributed by atoms with Gasteiger partial charge in [0.1, 0.15) is 11.5 Å². The van der Waals surface area contributed by atoms with Crippen LogP contribution in [0.1, 0.15) is 56.6 Å². The molecule has 0 radical (unpaired) electrons. The highest BCUT2D eigenvalue weighted by Crippen LogP contribution is 2.60. The fourth-order valence-electron chi connectivity index (χ4n) is 5.18. The summed E-state index contributed by atoms with van der Waals surface area (Å²) in [5.74, 6) is 3.40. The van der Waals surface area contributed by atoms with Crippen LogP contribution in [0, 0.1) is 18.3 Å². The van der Waals surface area contributed by atoms with E-state index in [1.807, 2.05) is 26.1 Å². The van der Waals surface area contributed by atoms with Gasteiger partial charge in [0, 0.05) is 31.0 Å². The second-order valence-corrected chi connectivity index (χ2v) is 7.69. The average Bonchev–Trinajstić information content (AvgIpc) is 3.29. The molecule has 2 heterocycles. The van der Waals surface area contributed by atoms with Crippen LogP contribution >= 0.6 is 0 Å². The van der Waals surface area contributed by atoms with Gasteiger partial charge in [-0.2, -0.15) is 0 Å². The molecular formula is C19H29N3O2. The fourth-order valence-corrected chi connectivity index (χ4v) is 5.18. The van der Waals surface area contributed by atoms with Crippen LogP contribution in [0.4, 0.5) is 0 Å². The molecule has 1 spiro atoms. The third-order valence-corrected chi connectivity index (χ3v) is 6.34. The maximum Gasteiger partial charge on any atom is 0.191 e. The Morgan fingerprint density at radius 2 is 2.12 bits per heavy atom. The monoisotopic (exact) mass is 331 g/mol. The molecule has 1 aromatic heterocycles. The SMILES string of the molecule is CN=C(NC(C)c1ccc(C)o1)NC1C2CCOC2C12CCCC2. The third kappa shape index (κ3) is 2.44. The Morgan fingerprint density at radius 3 is 2.79 bits per heavy atom. The lowest BCUT2D eigenvalue weighted by Gasteiger charge is -2.57. The summed E-state index contributed by atoms with van der Waals surface area (Å²) in [7, 11) is 1.85. The number of aliphatic imine (C=N–C) groups is 1. The second kappa shape index (κ2) is 6.10. The van der Waals surface area contributed by atoms with Gasteiger partial charge in [-0.05, 0) is 45.2 Å². The van der Waals surface area contributed by atoms with Crippen molar-refractivity contribution in [1.29, 1.82) is 0 Å². The molecule has 3 aliphatic rings. The Morgan fingerprint density at radius 1 is 1.33 bits per heavy atom. The van der Waals surface area contributed by atoms with Crippen molar-refractivity contribution in [3.63, 3.8) is 0 Å². The molecule has 2 N–H and O–H groups in total. The normalized spacial score (nSPS) is 32.5. The number of furan rings is 1. The third-order valence-electron chi connectivity index (χ3n) is 6.34.